The fraction of sp³-hybridized carbons (Fsp3) is 0.179. The number of benzene rings is 3. The largest absolute Gasteiger partial charge is 0.222 e. The molecule has 0 saturated carbocycles. The molecule has 0 radical (unpaired) electrons. The highest BCUT2D eigenvalue weighted by molar-refractivity contribution is 5.55. The first kappa shape index (κ1) is 22.7. The molecule has 0 fully saturated rings. The summed E-state index contributed by atoms with van der Waals surface area (Å²) in [5, 5.41) is 0. The lowest BCUT2D eigenvalue weighted by Crippen LogP contribution is -2.68. The van der Waals surface area contributed by atoms with Crippen LogP contribution in [-0.2, 0) is 5.41 Å². The molecule has 0 amide bonds. The monoisotopic (exact) mass is 473 g/mol. The maximum Gasteiger partial charge on any atom is 0.190 e. The van der Waals surface area contributed by atoms with E-state index in [0.717, 1.165) is 6.42 Å². The Hall–Kier alpha value is -3.06. The molecule has 3 heterocycles. The van der Waals surface area contributed by atoms with Crippen molar-refractivity contribution in [3.05, 3.63) is 137 Å². The number of rotatable bonds is 2. The summed E-state index contributed by atoms with van der Waals surface area (Å²) in [6.45, 7) is 2.21. The van der Waals surface area contributed by atoms with E-state index in [4.69, 9.17) is 18.6 Å². The molecule has 1 aliphatic carbocycles. The fourth-order valence-corrected chi connectivity index (χ4v) is 5.90. The lowest BCUT2D eigenvalue weighted by molar-refractivity contribution is -2.00. The second-order valence-electron chi connectivity index (χ2n) is 8.90. The number of aryl methyl sites for hydroxylation is 1. The predicted molar refractivity (Wildman–Crippen MR) is 116 cm³/mol. The molecule has 0 saturated heterocycles. The van der Waals surface area contributed by atoms with E-state index in [1.54, 1.807) is 0 Å². The smallest absolute Gasteiger partial charge is 0.190 e. The molecule has 2 atom stereocenters. The molecular weight excluding hydrogens is 450 g/mol. The highest BCUT2D eigenvalue weighted by atomic mass is 35.7. The van der Waals surface area contributed by atoms with Crippen LogP contribution in [0, 0.1) is 17.2 Å². The van der Waals surface area contributed by atoms with Crippen molar-refractivity contribution in [2.75, 3.05) is 0 Å². The van der Waals surface area contributed by atoms with Crippen molar-refractivity contribution in [1.82, 2.24) is 0 Å². The Bertz CT molecular complexity index is 1260. The fourth-order valence-electron chi connectivity index (χ4n) is 5.90. The molecule has 3 aliphatic rings. The predicted octanol–water partition coefficient (Wildman–Crippen LogP) is 0.951. The third-order valence-corrected chi connectivity index (χ3v) is 7.06. The number of fused-ring (bicyclic) bond motifs is 1. The molecule has 34 heavy (non-hydrogen) atoms. The molecule has 5 nitrogen and oxygen atoms in total. The van der Waals surface area contributed by atoms with Gasteiger partial charge in [0, 0.05) is 29.5 Å². The molecule has 2 aliphatic heterocycles. The van der Waals surface area contributed by atoms with E-state index in [-0.39, 0.29) is 5.41 Å². The first-order valence-electron chi connectivity index (χ1n) is 11.1. The number of hydrogen-bond donors (Lipinski definition) is 0. The van der Waals surface area contributed by atoms with Crippen molar-refractivity contribution in [2.45, 2.75) is 30.7 Å². The molecule has 2 bridgehead atoms. The molecule has 4 aromatic rings. The highest BCUT2D eigenvalue weighted by Gasteiger charge is 2.59. The molecule has 1 aromatic heterocycles. The van der Waals surface area contributed by atoms with Gasteiger partial charge >= 0.3 is 0 Å². The lowest BCUT2D eigenvalue weighted by atomic mass is 9.53. The van der Waals surface area contributed by atoms with E-state index in [9.17, 15) is 0 Å². The van der Waals surface area contributed by atoms with Crippen molar-refractivity contribution in [1.29, 1.82) is 0 Å². The quantitative estimate of drug-likeness (QED) is 0.405. The van der Waals surface area contributed by atoms with E-state index in [1.807, 2.05) is 0 Å². The van der Waals surface area contributed by atoms with Crippen molar-refractivity contribution in [2.24, 2.45) is 0 Å². The number of pyridine rings is 1. The summed E-state index contributed by atoms with van der Waals surface area (Å²) in [6.07, 6.45) is 3.39. The van der Waals surface area contributed by atoms with Crippen molar-refractivity contribution in [3.8, 4) is 0 Å². The maximum absolute atomic E-state index is 8.49. The Morgan fingerprint density at radius 3 is 1.79 bits per heavy atom. The average Bonchev–Trinajstić information content (AvgIpc) is 2.84. The minimum Gasteiger partial charge on any atom is -0.222 e. The zero-order valence-corrected chi connectivity index (χ0v) is 19.4. The Morgan fingerprint density at radius 1 is 0.735 bits per heavy atom. The van der Waals surface area contributed by atoms with Gasteiger partial charge in [0.2, 0.25) is 0 Å². The van der Waals surface area contributed by atoms with Crippen LogP contribution in [-0.4, -0.2) is 0 Å². The van der Waals surface area contributed by atoms with Crippen LogP contribution in [0.25, 0.3) is 0 Å². The van der Waals surface area contributed by atoms with Crippen molar-refractivity contribution >= 4 is 0 Å². The van der Waals surface area contributed by atoms with Crippen LogP contribution >= 0.6 is 0 Å². The average molecular weight is 474 g/mol. The summed E-state index contributed by atoms with van der Waals surface area (Å²) in [5.74, 6) is 0.299. The molecule has 0 N–H and O–H groups in total. The van der Waals surface area contributed by atoms with Crippen LogP contribution in [0.4, 0.5) is 0 Å². The molecule has 2 unspecified atom stereocenters. The molecule has 7 rings (SSSR count). The summed E-state index contributed by atoms with van der Waals surface area (Å²) < 4.78 is 36.5. The van der Waals surface area contributed by atoms with E-state index in [1.165, 1.54) is 33.5 Å². The zero-order chi connectivity index (χ0) is 23.9. The second-order valence-corrected chi connectivity index (χ2v) is 9.66. The molecule has 0 spiro atoms. The first-order valence-corrected chi connectivity index (χ1v) is 12.4. The Kier molecular flexibility index (Phi) is 5.76. The van der Waals surface area contributed by atoms with E-state index in [0.29, 0.717) is 12.0 Å². The summed E-state index contributed by atoms with van der Waals surface area (Å²) in [7, 11) is -4.94. The summed E-state index contributed by atoms with van der Waals surface area (Å²) in [5.41, 5.74) is 8.52. The summed E-state index contributed by atoms with van der Waals surface area (Å²) >= 11 is 0. The van der Waals surface area contributed by atoms with E-state index < -0.39 is 10.2 Å². The van der Waals surface area contributed by atoms with Crippen LogP contribution < -0.4 is 23.2 Å². The minimum atomic E-state index is -4.94. The topological polar surface area (TPSA) is 96.1 Å². The van der Waals surface area contributed by atoms with Gasteiger partial charge in [-0.3, -0.25) is 0 Å². The van der Waals surface area contributed by atoms with Gasteiger partial charge < -0.3 is 0 Å². The van der Waals surface area contributed by atoms with Crippen molar-refractivity contribution < 1.29 is 33.4 Å². The van der Waals surface area contributed by atoms with Gasteiger partial charge in [-0.1, -0.05) is 84.9 Å². The van der Waals surface area contributed by atoms with E-state index >= 15 is 0 Å². The Labute approximate surface area is 200 Å². The van der Waals surface area contributed by atoms with Gasteiger partial charge in [-0.15, -0.1) is 10.2 Å². The van der Waals surface area contributed by atoms with E-state index in [2.05, 4.69) is 115 Å². The summed E-state index contributed by atoms with van der Waals surface area (Å²) in [4.78, 5) is 0. The molecule has 6 heteroatoms. The second kappa shape index (κ2) is 8.62. The molecule has 3 aromatic carbocycles. The minimum absolute atomic E-state index is 0.0602. The lowest BCUT2D eigenvalue weighted by Gasteiger charge is -2.50. The third-order valence-electron chi connectivity index (χ3n) is 7.06. The standard InChI is InChI=1S/C28H24N.ClHO4/c1-20-16-17-29-25(18-20)27-24-15-9-8-14-23(24)26(29)19-28(27,21-10-4-2-5-11-21)22-12-6-3-7-13-22;2-1(3,4)5/h2-18,26-27H,19H2,1H3;(H,2,3,4,5)/q+1;/p-1. The van der Waals surface area contributed by atoms with Gasteiger partial charge in [-0.05, 0) is 29.2 Å². The normalized spacial score (nSPS) is 19.4. The molecular formula is C28H24ClNO4. The van der Waals surface area contributed by atoms with Gasteiger partial charge in [-0.25, -0.2) is 18.6 Å². The number of hydrogen-bond acceptors (Lipinski definition) is 4. The van der Waals surface area contributed by atoms with Gasteiger partial charge in [0.1, 0.15) is 0 Å². The molecule has 172 valence electrons. The van der Waals surface area contributed by atoms with Crippen LogP contribution in [0.15, 0.2) is 103 Å². The van der Waals surface area contributed by atoms with Crippen LogP contribution in [0.5, 0.6) is 0 Å². The van der Waals surface area contributed by atoms with Crippen molar-refractivity contribution in [3.63, 3.8) is 0 Å². The number of halogens is 1. The Morgan fingerprint density at radius 2 is 1.24 bits per heavy atom. The highest BCUT2D eigenvalue weighted by Crippen LogP contribution is 2.59. The number of nitrogens with zero attached hydrogens (tertiary/aromatic N) is 1. The van der Waals surface area contributed by atoms with Gasteiger partial charge in [0.15, 0.2) is 17.9 Å². The van der Waals surface area contributed by atoms with Crippen LogP contribution in [0.1, 0.15) is 51.9 Å². The van der Waals surface area contributed by atoms with Crippen LogP contribution in [0.3, 0.4) is 0 Å². The van der Waals surface area contributed by atoms with Gasteiger partial charge in [-0.2, -0.15) is 4.57 Å². The SMILES string of the molecule is Cc1cc[n+]2c(c1)C1c3ccccc3C2CC1(c1ccccc1)c1ccccc1.[O-][Cl+3]([O-])([O-])[O-]. The van der Waals surface area contributed by atoms with Gasteiger partial charge in [0.05, 0.1) is 5.92 Å². The summed E-state index contributed by atoms with van der Waals surface area (Å²) in [6, 6.07) is 36.5. The van der Waals surface area contributed by atoms with Crippen LogP contribution in [0.2, 0.25) is 0 Å². The first-order chi connectivity index (χ1) is 16.3. The Balaban J connectivity index is 0.000000439. The third kappa shape index (κ3) is 3.92. The number of aromatic nitrogens is 1. The maximum atomic E-state index is 8.49. The van der Waals surface area contributed by atoms with Gasteiger partial charge in [0.25, 0.3) is 0 Å². The zero-order valence-electron chi connectivity index (χ0n) is 18.6.